The SMILES string of the molecule is O=C(C[C@@H](c1ccccc1F)c1cnc2ccc(Cl)cn12)NC(c1ccccc1)c1ccccc1. The number of imidazole rings is 1. The summed E-state index contributed by atoms with van der Waals surface area (Å²) in [5, 5.41) is 3.70. The molecule has 0 radical (unpaired) electrons. The van der Waals surface area contributed by atoms with Crippen LogP contribution in [0.2, 0.25) is 5.02 Å². The van der Waals surface area contributed by atoms with Crippen LogP contribution in [0.4, 0.5) is 4.39 Å². The molecule has 0 bridgehead atoms. The van der Waals surface area contributed by atoms with Crippen LogP contribution in [-0.4, -0.2) is 15.3 Å². The second kappa shape index (κ2) is 10.1. The topological polar surface area (TPSA) is 46.4 Å². The van der Waals surface area contributed by atoms with Gasteiger partial charge in [0.1, 0.15) is 11.5 Å². The Balaban J connectivity index is 1.51. The van der Waals surface area contributed by atoms with Crippen molar-refractivity contribution in [2.45, 2.75) is 18.4 Å². The van der Waals surface area contributed by atoms with Crippen molar-refractivity contribution in [3.8, 4) is 0 Å². The maximum atomic E-state index is 15.0. The van der Waals surface area contributed by atoms with Gasteiger partial charge in [-0.1, -0.05) is 90.5 Å². The number of pyridine rings is 1. The zero-order valence-corrected chi connectivity index (χ0v) is 19.6. The summed E-state index contributed by atoms with van der Waals surface area (Å²) in [6.45, 7) is 0. The Morgan fingerprint density at radius 1 is 0.886 bits per heavy atom. The molecule has 6 heteroatoms. The second-order valence-electron chi connectivity index (χ2n) is 8.36. The Labute approximate surface area is 208 Å². The molecule has 1 amide bonds. The Bertz CT molecular complexity index is 1410. The number of benzene rings is 3. The summed E-state index contributed by atoms with van der Waals surface area (Å²) in [6, 6.07) is 29.4. The van der Waals surface area contributed by atoms with E-state index >= 15 is 0 Å². The van der Waals surface area contributed by atoms with Crippen LogP contribution in [-0.2, 0) is 4.79 Å². The molecule has 2 aromatic heterocycles. The van der Waals surface area contributed by atoms with Gasteiger partial charge in [0, 0.05) is 24.7 Å². The lowest BCUT2D eigenvalue weighted by atomic mass is 9.91. The number of aromatic nitrogens is 2. The van der Waals surface area contributed by atoms with Gasteiger partial charge in [-0.05, 0) is 34.9 Å². The smallest absolute Gasteiger partial charge is 0.221 e. The molecular weight excluding hydrogens is 461 g/mol. The van der Waals surface area contributed by atoms with Crippen molar-refractivity contribution in [3.63, 3.8) is 0 Å². The van der Waals surface area contributed by atoms with E-state index in [2.05, 4.69) is 10.3 Å². The maximum Gasteiger partial charge on any atom is 0.221 e. The third kappa shape index (κ3) is 4.96. The number of amides is 1. The number of hydrogen-bond donors (Lipinski definition) is 1. The first-order valence-electron chi connectivity index (χ1n) is 11.4. The first-order chi connectivity index (χ1) is 17.1. The molecule has 35 heavy (non-hydrogen) atoms. The summed E-state index contributed by atoms with van der Waals surface area (Å²) in [4.78, 5) is 18.0. The van der Waals surface area contributed by atoms with Crippen LogP contribution in [0.1, 0.15) is 40.8 Å². The van der Waals surface area contributed by atoms with Gasteiger partial charge in [-0.2, -0.15) is 0 Å². The van der Waals surface area contributed by atoms with Gasteiger partial charge in [0.15, 0.2) is 0 Å². The average molecular weight is 484 g/mol. The Kier molecular flexibility index (Phi) is 6.59. The monoisotopic (exact) mass is 483 g/mol. The highest BCUT2D eigenvalue weighted by atomic mass is 35.5. The summed E-state index contributed by atoms with van der Waals surface area (Å²) in [7, 11) is 0. The highest BCUT2D eigenvalue weighted by Crippen LogP contribution is 2.32. The summed E-state index contributed by atoms with van der Waals surface area (Å²) in [6.07, 6.45) is 3.46. The maximum absolute atomic E-state index is 15.0. The van der Waals surface area contributed by atoms with Crippen molar-refractivity contribution in [2.24, 2.45) is 0 Å². The molecule has 0 aliphatic rings. The predicted octanol–water partition coefficient (Wildman–Crippen LogP) is 6.55. The zero-order valence-electron chi connectivity index (χ0n) is 18.8. The van der Waals surface area contributed by atoms with Crippen LogP contribution in [0.15, 0.2) is 109 Å². The molecule has 4 nitrogen and oxygen atoms in total. The summed E-state index contributed by atoms with van der Waals surface area (Å²) < 4.78 is 16.8. The van der Waals surface area contributed by atoms with Gasteiger partial charge in [0.05, 0.1) is 16.8 Å². The Morgan fingerprint density at radius 3 is 2.17 bits per heavy atom. The Hall–Kier alpha value is -3.96. The normalized spacial score (nSPS) is 12.1. The van der Waals surface area contributed by atoms with Crippen molar-refractivity contribution in [1.29, 1.82) is 0 Å². The van der Waals surface area contributed by atoms with E-state index in [0.717, 1.165) is 11.1 Å². The van der Waals surface area contributed by atoms with Crippen LogP contribution >= 0.6 is 11.6 Å². The minimum Gasteiger partial charge on any atom is -0.345 e. The first-order valence-corrected chi connectivity index (χ1v) is 11.7. The van der Waals surface area contributed by atoms with Crippen LogP contribution < -0.4 is 5.32 Å². The molecule has 1 atom stereocenters. The number of nitrogens with zero attached hydrogens (tertiary/aromatic N) is 2. The molecule has 0 fully saturated rings. The number of carbonyl (C=O) groups excluding carboxylic acids is 1. The highest BCUT2D eigenvalue weighted by Gasteiger charge is 2.26. The molecule has 174 valence electrons. The van der Waals surface area contributed by atoms with Crippen LogP contribution in [0.5, 0.6) is 0 Å². The van der Waals surface area contributed by atoms with E-state index in [0.29, 0.717) is 21.9 Å². The summed E-state index contributed by atoms with van der Waals surface area (Å²) >= 11 is 6.24. The molecule has 1 N–H and O–H groups in total. The van der Waals surface area contributed by atoms with E-state index in [1.807, 2.05) is 65.1 Å². The lowest BCUT2D eigenvalue weighted by Crippen LogP contribution is -2.31. The summed E-state index contributed by atoms with van der Waals surface area (Å²) in [5.74, 6) is -1.13. The zero-order chi connectivity index (χ0) is 24.2. The fourth-order valence-corrected chi connectivity index (χ4v) is 4.58. The molecule has 2 heterocycles. The number of rotatable bonds is 7. The molecule has 0 saturated heterocycles. The van der Waals surface area contributed by atoms with E-state index in [4.69, 9.17) is 11.6 Å². The first kappa shape index (κ1) is 22.8. The van der Waals surface area contributed by atoms with Crippen molar-refractivity contribution < 1.29 is 9.18 Å². The molecule has 3 aromatic carbocycles. The standard InChI is InChI=1S/C29H23ClFN3O/c30-22-15-16-27-32-18-26(34(27)19-22)24(23-13-7-8-14-25(23)31)17-28(35)33-29(20-9-3-1-4-10-20)21-11-5-2-6-12-21/h1-16,18-19,24,29H,17H2,(H,33,35)/t24-/m0/s1. The fourth-order valence-electron chi connectivity index (χ4n) is 4.42. The third-order valence-electron chi connectivity index (χ3n) is 6.10. The van der Waals surface area contributed by atoms with Crippen molar-refractivity contribution in [1.82, 2.24) is 14.7 Å². The lowest BCUT2D eigenvalue weighted by Gasteiger charge is -2.23. The number of halogens is 2. The van der Waals surface area contributed by atoms with E-state index in [-0.39, 0.29) is 24.2 Å². The van der Waals surface area contributed by atoms with Crippen molar-refractivity contribution in [2.75, 3.05) is 0 Å². The molecule has 5 rings (SSSR count). The van der Waals surface area contributed by atoms with E-state index in [1.54, 1.807) is 42.7 Å². The van der Waals surface area contributed by atoms with Crippen LogP contribution in [0.3, 0.4) is 0 Å². The van der Waals surface area contributed by atoms with Gasteiger partial charge in [0.25, 0.3) is 0 Å². The minimum absolute atomic E-state index is 0.0391. The molecule has 0 aliphatic carbocycles. The largest absolute Gasteiger partial charge is 0.345 e. The Morgan fingerprint density at radius 2 is 1.51 bits per heavy atom. The number of fused-ring (bicyclic) bond motifs is 1. The van der Waals surface area contributed by atoms with Gasteiger partial charge in [-0.25, -0.2) is 9.37 Å². The van der Waals surface area contributed by atoms with Crippen molar-refractivity contribution in [3.05, 3.63) is 143 Å². The fraction of sp³-hybridized carbons (Fsp3) is 0.103. The lowest BCUT2D eigenvalue weighted by molar-refractivity contribution is -0.121. The number of carbonyl (C=O) groups is 1. The highest BCUT2D eigenvalue weighted by molar-refractivity contribution is 6.30. The van der Waals surface area contributed by atoms with Gasteiger partial charge in [-0.15, -0.1) is 0 Å². The summed E-state index contributed by atoms with van der Waals surface area (Å²) in [5.41, 5.74) is 3.74. The van der Waals surface area contributed by atoms with Gasteiger partial charge in [0.2, 0.25) is 5.91 Å². The quantitative estimate of drug-likeness (QED) is 0.285. The molecule has 5 aromatic rings. The van der Waals surface area contributed by atoms with Crippen molar-refractivity contribution >= 4 is 23.2 Å². The van der Waals surface area contributed by atoms with Crippen LogP contribution in [0, 0.1) is 5.82 Å². The predicted molar refractivity (Wildman–Crippen MR) is 136 cm³/mol. The van der Waals surface area contributed by atoms with Crippen LogP contribution in [0.25, 0.3) is 5.65 Å². The number of hydrogen-bond acceptors (Lipinski definition) is 2. The molecule has 0 aliphatic heterocycles. The minimum atomic E-state index is -0.558. The third-order valence-corrected chi connectivity index (χ3v) is 6.32. The van der Waals surface area contributed by atoms with Gasteiger partial charge < -0.3 is 9.72 Å². The van der Waals surface area contributed by atoms with E-state index in [9.17, 15) is 9.18 Å². The number of nitrogens with one attached hydrogen (secondary N) is 1. The molecule has 0 saturated carbocycles. The molecule has 0 unspecified atom stereocenters. The molecule has 0 spiro atoms. The van der Waals surface area contributed by atoms with Gasteiger partial charge >= 0.3 is 0 Å². The molecular formula is C29H23ClFN3O. The average Bonchev–Trinajstić information content (AvgIpc) is 3.30. The van der Waals surface area contributed by atoms with E-state index < -0.39 is 5.92 Å². The van der Waals surface area contributed by atoms with E-state index in [1.165, 1.54) is 6.07 Å². The van der Waals surface area contributed by atoms with Gasteiger partial charge in [-0.3, -0.25) is 4.79 Å². The second-order valence-corrected chi connectivity index (χ2v) is 8.80.